The molecule has 8 heteroatoms. The molecule has 23 heavy (non-hydrogen) atoms. The minimum atomic E-state index is -0.422. The monoisotopic (exact) mass is 343 g/mol. The topological polar surface area (TPSA) is 83.4 Å². The summed E-state index contributed by atoms with van der Waals surface area (Å²) < 4.78 is 29.6. The molecule has 0 radical (unpaired) electrons. The van der Waals surface area contributed by atoms with Gasteiger partial charge in [0.05, 0.1) is 5.41 Å². The average molecular weight is 344 g/mol. The molecule has 2 N–H and O–H groups in total. The van der Waals surface area contributed by atoms with Crippen molar-refractivity contribution in [1.82, 2.24) is 10.1 Å². The summed E-state index contributed by atoms with van der Waals surface area (Å²) in [6.45, 7) is 1.72. The fraction of sp³-hybridized carbons (Fsp3) is 0.467. The lowest BCUT2D eigenvalue weighted by molar-refractivity contribution is 0.0409. The molecule has 0 aliphatic carbocycles. The number of aromatic nitrogens is 2. The maximum atomic E-state index is 13.5. The molecule has 6 nitrogen and oxygen atoms in total. The molecule has 1 aromatic heterocycles. The van der Waals surface area contributed by atoms with Crippen LogP contribution in [0.15, 0.2) is 28.8 Å². The fourth-order valence-corrected chi connectivity index (χ4v) is 2.50. The Balaban J connectivity index is 0.00000192. The first kappa shape index (κ1) is 17.7. The lowest BCUT2D eigenvalue weighted by Gasteiger charge is -2.32. The van der Waals surface area contributed by atoms with E-state index in [-0.39, 0.29) is 30.2 Å². The number of ether oxygens (including phenoxy) is 2. The fourth-order valence-electron chi connectivity index (χ4n) is 2.50. The van der Waals surface area contributed by atoms with Gasteiger partial charge in [-0.05, 0) is 25.0 Å². The normalized spacial score (nSPS) is 16.6. The third kappa shape index (κ3) is 3.80. The van der Waals surface area contributed by atoms with E-state index >= 15 is 0 Å². The molecule has 1 aliphatic rings. The maximum Gasteiger partial charge on any atom is 0.234 e. The molecule has 1 aromatic carbocycles. The van der Waals surface area contributed by atoms with Crippen molar-refractivity contribution in [1.29, 1.82) is 0 Å². The molecule has 2 heterocycles. The number of hydrogen-bond acceptors (Lipinski definition) is 6. The van der Waals surface area contributed by atoms with E-state index in [4.69, 9.17) is 19.7 Å². The van der Waals surface area contributed by atoms with E-state index in [2.05, 4.69) is 10.1 Å². The zero-order valence-electron chi connectivity index (χ0n) is 12.5. The molecule has 0 atom stereocenters. The van der Waals surface area contributed by atoms with Gasteiger partial charge in [-0.3, -0.25) is 0 Å². The van der Waals surface area contributed by atoms with Crippen LogP contribution >= 0.6 is 12.4 Å². The predicted octanol–water partition coefficient (Wildman–Crippen LogP) is 2.22. The van der Waals surface area contributed by atoms with Gasteiger partial charge in [-0.25, -0.2) is 4.39 Å². The van der Waals surface area contributed by atoms with E-state index in [1.165, 1.54) is 6.07 Å². The number of para-hydroxylation sites is 1. The van der Waals surface area contributed by atoms with Crippen molar-refractivity contribution in [2.24, 2.45) is 5.73 Å². The van der Waals surface area contributed by atoms with Gasteiger partial charge in [-0.15, -0.1) is 12.4 Å². The summed E-state index contributed by atoms with van der Waals surface area (Å²) in [5.41, 5.74) is 5.57. The Morgan fingerprint density at radius 1 is 1.26 bits per heavy atom. The third-order valence-corrected chi connectivity index (χ3v) is 3.96. The van der Waals surface area contributed by atoms with Gasteiger partial charge in [-0.2, -0.15) is 4.98 Å². The minimum Gasteiger partial charge on any atom is -0.482 e. The number of halogens is 2. The van der Waals surface area contributed by atoms with Crippen LogP contribution in [0.3, 0.4) is 0 Å². The second-order valence-corrected chi connectivity index (χ2v) is 5.33. The Hall–Kier alpha value is -1.70. The summed E-state index contributed by atoms with van der Waals surface area (Å²) in [6.07, 6.45) is 1.50. The van der Waals surface area contributed by atoms with Crippen molar-refractivity contribution in [3.05, 3.63) is 41.8 Å². The molecule has 1 saturated heterocycles. The Kier molecular flexibility index (Phi) is 5.92. The second kappa shape index (κ2) is 7.72. The summed E-state index contributed by atoms with van der Waals surface area (Å²) >= 11 is 0. The van der Waals surface area contributed by atoms with Gasteiger partial charge in [0.2, 0.25) is 11.7 Å². The SMILES string of the molecule is Cl.NCC1(c2nc(COc3ccccc3F)no2)CCOCC1. The zero-order chi connectivity index (χ0) is 15.4. The Morgan fingerprint density at radius 3 is 2.70 bits per heavy atom. The Morgan fingerprint density at radius 2 is 2.00 bits per heavy atom. The highest BCUT2D eigenvalue weighted by atomic mass is 35.5. The summed E-state index contributed by atoms with van der Waals surface area (Å²) in [7, 11) is 0. The Labute approximate surface area is 139 Å². The summed E-state index contributed by atoms with van der Waals surface area (Å²) in [4.78, 5) is 4.36. The van der Waals surface area contributed by atoms with Crippen molar-refractivity contribution >= 4 is 12.4 Å². The molecule has 0 saturated carbocycles. The largest absolute Gasteiger partial charge is 0.482 e. The molecular formula is C15H19ClFN3O3. The van der Waals surface area contributed by atoms with Crippen LogP contribution in [0.4, 0.5) is 4.39 Å². The molecule has 0 unspecified atom stereocenters. The molecule has 0 bridgehead atoms. The minimum absolute atomic E-state index is 0. The van der Waals surface area contributed by atoms with E-state index in [0.717, 1.165) is 12.8 Å². The number of rotatable bonds is 5. The van der Waals surface area contributed by atoms with Crippen molar-refractivity contribution in [3.8, 4) is 5.75 Å². The summed E-state index contributed by atoms with van der Waals surface area (Å²) in [6, 6.07) is 6.19. The Bertz CT molecular complexity index is 632. The van der Waals surface area contributed by atoms with E-state index in [9.17, 15) is 4.39 Å². The van der Waals surface area contributed by atoms with Gasteiger partial charge < -0.3 is 19.7 Å². The molecular weight excluding hydrogens is 325 g/mol. The standard InChI is InChI=1S/C15H18FN3O3.ClH/c16-11-3-1-2-4-12(11)21-9-13-18-14(22-19-13)15(10-17)5-7-20-8-6-15;/h1-4H,5-10,17H2;1H. The summed E-state index contributed by atoms with van der Waals surface area (Å²) in [5.74, 6) is 0.616. The first-order chi connectivity index (χ1) is 10.7. The average Bonchev–Trinajstić information content (AvgIpc) is 3.04. The highest BCUT2D eigenvalue weighted by Crippen LogP contribution is 2.32. The van der Waals surface area contributed by atoms with Crippen LogP contribution < -0.4 is 10.5 Å². The zero-order valence-corrected chi connectivity index (χ0v) is 13.4. The van der Waals surface area contributed by atoms with Crippen molar-refractivity contribution < 1.29 is 18.4 Å². The van der Waals surface area contributed by atoms with Crippen LogP contribution in [0.2, 0.25) is 0 Å². The van der Waals surface area contributed by atoms with E-state index in [0.29, 0.717) is 31.5 Å². The smallest absolute Gasteiger partial charge is 0.234 e. The van der Waals surface area contributed by atoms with E-state index in [1.807, 2.05) is 0 Å². The lowest BCUT2D eigenvalue weighted by Crippen LogP contribution is -2.40. The maximum absolute atomic E-state index is 13.5. The van der Waals surface area contributed by atoms with Gasteiger partial charge in [0.15, 0.2) is 18.2 Å². The van der Waals surface area contributed by atoms with Crippen LogP contribution in [0.1, 0.15) is 24.6 Å². The summed E-state index contributed by atoms with van der Waals surface area (Å²) in [5, 5.41) is 3.90. The number of nitrogens with zero attached hydrogens (tertiary/aromatic N) is 2. The molecule has 126 valence electrons. The van der Waals surface area contributed by atoms with E-state index in [1.54, 1.807) is 18.2 Å². The van der Waals surface area contributed by atoms with Gasteiger partial charge in [0, 0.05) is 19.8 Å². The quantitative estimate of drug-likeness (QED) is 0.896. The highest BCUT2D eigenvalue weighted by Gasteiger charge is 2.38. The van der Waals surface area contributed by atoms with Crippen LogP contribution in [0.5, 0.6) is 5.75 Å². The van der Waals surface area contributed by atoms with Crippen molar-refractivity contribution in [3.63, 3.8) is 0 Å². The first-order valence-corrected chi connectivity index (χ1v) is 7.22. The predicted molar refractivity (Wildman–Crippen MR) is 83.1 cm³/mol. The van der Waals surface area contributed by atoms with Crippen LogP contribution in [0.25, 0.3) is 0 Å². The lowest BCUT2D eigenvalue weighted by atomic mass is 9.80. The highest BCUT2D eigenvalue weighted by molar-refractivity contribution is 5.85. The first-order valence-electron chi connectivity index (χ1n) is 7.22. The number of nitrogens with two attached hydrogens (primary N) is 1. The van der Waals surface area contributed by atoms with Gasteiger partial charge in [-0.1, -0.05) is 17.3 Å². The number of hydrogen-bond donors (Lipinski definition) is 1. The number of benzene rings is 1. The molecule has 1 fully saturated rings. The van der Waals surface area contributed by atoms with Crippen LogP contribution in [0, 0.1) is 5.82 Å². The van der Waals surface area contributed by atoms with Crippen LogP contribution in [-0.2, 0) is 16.8 Å². The van der Waals surface area contributed by atoms with Crippen LogP contribution in [-0.4, -0.2) is 29.9 Å². The molecule has 1 aliphatic heterocycles. The van der Waals surface area contributed by atoms with Gasteiger partial charge in [0.25, 0.3) is 0 Å². The molecule has 3 rings (SSSR count). The molecule has 2 aromatic rings. The molecule has 0 amide bonds. The molecule has 0 spiro atoms. The third-order valence-electron chi connectivity index (χ3n) is 3.96. The van der Waals surface area contributed by atoms with Crippen molar-refractivity contribution in [2.45, 2.75) is 24.9 Å². The second-order valence-electron chi connectivity index (χ2n) is 5.33. The van der Waals surface area contributed by atoms with Gasteiger partial charge in [0.1, 0.15) is 0 Å². The van der Waals surface area contributed by atoms with Crippen molar-refractivity contribution in [2.75, 3.05) is 19.8 Å². The van der Waals surface area contributed by atoms with E-state index < -0.39 is 5.82 Å². The van der Waals surface area contributed by atoms with Gasteiger partial charge >= 0.3 is 0 Å².